The molecule has 2 aliphatic heterocycles. The van der Waals surface area contributed by atoms with E-state index in [4.69, 9.17) is 0 Å². The number of likely N-dealkylation sites (tertiary alicyclic amines) is 1. The van der Waals surface area contributed by atoms with Crippen LogP contribution < -0.4 is 14.0 Å². The molecule has 2 aliphatic rings. The second-order valence-corrected chi connectivity index (χ2v) is 13.9. The summed E-state index contributed by atoms with van der Waals surface area (Å²) in [5.74, 6) is 1.44. The van der Waals surface area contributed by atoms with Gasteiger partial charge in [-0.05, 0) is 24.3 Å². The van der Waals surface area contributed by atoms with Gasteiger partial charge in [-0.15, -0.1) is 4.57 Å². The molecule has 1 fully saturated rings. The number of hydrogen-bond donors (Lipinski definition) is 0. The lowest BCUT2D eigenvalue weighted by atomic mass is 9.98. The number of para-hydroxylation sites is 2. The summed E-state index contributed by atoms with van der Waals surface area (Å²) < 4.78 is 5.55. The third-order valence-electron chi connectivity index (χ3n) is 8.35. The van der Waals surface area contributed by atoms with Gasteiger partial charge in [0.15, 0.2) is 0 Å². The van der Waals surface area contributed by atoms with Crippen LogP contribution in [0.3, 0.4) is 0 Å². The van der Waals surface area contributed by atoms with Crippen LogP contribution in [-0.2, 0) is 7.05 Å². The average Bonchev–Trinajstić information content (AvgIpc) is 3.12. The Balaban J connectivity index is 1.65. The number of nitrogens with zero attached hydrogens (tertiary/aromatic N) is 5. The molecule has 37 heavy (non-hydrogen) atoms. The smallest absolute Gasteiger partial charge is 0.338 e. The van der Waals surface area contributed by atoms with E-state index in [1.807, 2.05) is 11.8 Å². The molecule has 3 aromatic rings. The molecule has 0 saturated carbocycles. The maximum atomic E-state index is 2.51. The number of aromatic nitrogens is 1. The van der Waals surface area contributed by atoms with E-state index in [1.165, 1.54) is 70.4 Å². The fourth-order valence-electron chi connectivity index (χ4n) is 6.45. The normalized spacial score (nSPS) is 23.0. The van der Waals surface area contributed by atoms with E-state index in [9.17, 15) is 0 Å². The average molecular weight is 520 g/mol. The first kappa shape index (κ1) is 26.2. The predicted octanol–water partition coefficient (Wildman–Crippen LogP) is 5.04. The molecule has 3 heterocycles. The van der Waals surface area contributed by atoms with Gasteiger partial charge in [-0.3, -0.25) is 4.48 Å². The summed E-state index contributed by atoms with van der Waals surface area (Å²) >= 11 is 1.88. The minimum absolute atomic E-state index is 0.563. The lowest BCUT2D eigenvalue weighted by Gasteiger charge is -2.53. The summed E-state index contributed by atoms with van der Waals surface area (Å²) in [6.45, 7) is 3.58. The molecule has 196 valence electrons. The Kier molecular flexibility index (Phi) is 6.68. The minimum atomic E-state index is 0.563. The number of anilines is 1. The Morgan fingerprint density at radius 3 is 2.38 bits per heavy atom. The van der Waals surface area contributed by atoms with Crippen LogP contribution in [0.15, 0.2) is 64.5 Å². The highest BCUT2D eigenvalue weighted by molar-refractivity contribution is 8.03. The van der Waals surface area contributed by atoms with E-state index in [2.05, 4.69) is 127 Å². The fourth-order valence-corrected chi connectivity index (χ4v) is 7.55. The van der Waals surface area contributed by atoms with Crippen LogP contribution in [-0.4, -0.2) is 84.1 Å². The molecule has 0 N–H and O–H groups in total. The lowest BCUT2D eigenvalue weighted by Crippen LogP contribution is -2.78. The minimum Gasteiger partial charge on any atom is -0.338 e. The number of thioether (sulfide) groups is 1. The number of hydrogen-bond acceptors (Lipinski definition) is 2. The number of pyridine rings is 1. The molecule has 0 spiro atoms. The highest BCUT2D eigenvalue weighted by Gasteiger charge is 2.59. The van der Waals surface area contributed by atoms with Gasteiger partial charge in [-0.2, -0.15) is 4.48 Å². The zero-order chi connectivity index (χ0) is 26.6. The van der Waals surface area contributed by atoms with E-state index in [0.29, 0.717) is 6.17 Å². The predicted molar refractivity (Wildman–Crippen MR) is 159 cm³/mol. The van der Waals surface area contributed by atoms with Crippen molar-refractivity contribution >= 4 is 40.2 Å². The second kappa shape index (κ2) is 9.42. The fraction of sp³-hybridized carbons (Fsp3) is 0.452. The summed E-state index contributed by atoms with van der Waals surface area (Å²) in [6, 6.07) is 20.2. The number of quaternary nitrogens is 3. The van der Waals surface area contributed by atoms with Gasteiger partial charge in [0.1, 0.15) is 20.0 Å². The van der Waals surface area contributed by atoms with E-state index < -0.39 is 0 Å². The van der Waals surface area contributed by atoms with Gasteiger partial charge in [0, 0.05) is 30.0 Å². The summed E-state index contributed by atoms with van der Waals surface area (Å²) in [5.41, 5.74) is 3.93. The Hall–Kier alpha value is -2.38. The molecule has 5 rings (SSSR count). The quantitative estimate of drug-likeness (QED) is 0.319. The number of rotatable bonds is 7. The number of aryl methyl sites for hydroxylation is 1. The van der Waals surface area contributed by atoms with Gasteiger partial charge in [-0.1, -0.05) is 36.0 Å². The van der Waals surface area contributed by atoms with Crippen LogP contribution in [0.2, 0.25) is 0 Å². The van der Waals surface area contributed by atoms with E-state index in [0.717, 1.165) is 13.4 Å². The molecular formula is C31H45N5S+4. The summed E-state index contributed by atoms with van der Waals surface area (Å²) in [4.78, 5) is 3.67. The molecule has 2 unspecified atom stereocenters. The first-order valence-electron chi connectivity index (χ1n) is 13.5. The Bertz CT molecular complexity index is 1350. The highest BCUT2D eigenvalue weighted by atomic mass is 32.2. The van der Waals surface area contributed by atoms with Crippen LogP contribution >= 0.6 is 11.8 Å². The van der Waals surface area contributed by atoms with Crippen molar-refractivity contribution in [1.82, 2.24) is 4.48 Å². The largest absolute Gasteiger partial charge is 0.374 e. The molecule has 2 atom stereocenters. The van der Waals surface area contributed by atoms with Crippen LogP contribution in [0.25, 0.3) is 17.0 Å². The van der Waals surface area contributed by atoms with Gasteiger partial charge in [0.25, 0.3) is 0 Å². The van der Waals surface area contributed by atoms with Gasteiger partial charge < -0.3 is 9.38 Å². The van der Waals surface area contributed by atoms with Gasteiger partial charge in [-0.25, -0.2) is 0 Å². The highest BCUT2D eigenvalue weighted by Crippen LogP contribution is 2.46. The van der Waals surface area contributed by atoms with Crippen LogP contribution in [0.5, 0.6) is 0 Å². The maximum absolute atomic E-state index is 2.51. The molecule has 0 aliphatic carbocycles. The van der Waals surface area contributed by atoms with E-state index >= 15 is 0 Å². The van der Waals surface area contributed by atoms with Crippen molar-refractivity contribution < 1.29 is 13.5 Å². The third-order valence-corrected chi connectivity index (χ3v) is 9.51. The van der Waals surface area contributed by atoms with Gasteiger partial charge >= 0.3 is 5.82 Å². The number of fused-ring (bicyclic) bond motifs is 2. The molecular weight excluding hydrogens is 474 g/mol. The molecule has 1 aromatic heterocycles. The molecule has 0 bridgehead atoms. The van der Waals surface area contributed by atoms with Crippen molar-refractivity contribution in [3.63, 3.8) is 0 Å². The molecule has 0 amide bonds. The Morgan fingerprint density at radius 2 is 1.73 bits per heavy atom. The molecule has 6 heteroatoms. The summed E-state index contributed by atoms with van der Waals surface area (Å²) in [7, 11) is 18.5. The van der Waals surface area contributed by atoms with Crippen molar-refractivity contribution in [1.29, 1.82) is 0 Å². The summed E-state index contributed by atoms with van der Waals surface area (Å²) in [6.07, 6.45) is 5.47. The number of benzene rings is 2. The standard InChI is InChI=1S/C31H45N5S/c1-32-26-15-10-9-14-25(26)24(23-30-33(2)27-16-11-12-17-28(27)37-30)22-29(32)36(20-13-19-34(3,4)5)21-18-31(36)35(6,7)8/h9-12,14-17,22-23,31H,13,18-21H2,1-8H3/q+4. The monoisotopic (exact) mass is 519 g/mol. The topological polar surface area (TPSA) is 7.12 Å². The maximum Gasteiger partial charge on any atom is 0.374 e. The molecule has 5 nitrogen and oxygen atoms in total. The Morgan fingerprint density at radius 1 is 1.03 bits per heavy atom. The van der Waals surface area contributed by atoms with E-state index in [-0.39, 0.29) is 0 Å². The van der Waals surface area contributed by atoms with Gasteiger partial charge in [0.2, 0.25) is 11.7 Å². The molecule has 1 saturated heterocycles. The first-order valence-corrected chi connectivity index (χ1v) is 14.4. The second-order valence-electron chi connectivity index (χ2n) is 12.9. The third kappa shape index (κ3) is 4.81. The van der Waals surface area contributed by atoms with Crippen molar-refractivity contribution in [3.8, 4) is 0 Å². The van der Waals surface area contributed by atoms with Crippen molar-refractivity contribution in [2.45, 2.75) is 23.9 Å². The SMILES string of the molecule is CN1C(=Cc2cc([N+]3(CCC[N+](C)(C)C)CCC3[N+](C)(C)C)[n+](C)c3ccccc23)Sc2ccccc21. The van der Waals surface area contributed by atoms with Crippen LogP contribution in [0.4, 0.5) is 11.5 Å². The van der Waals surface area contributed by atoms with Crippen LogP contribution in [0, 0.1) is 0 Å². The van der Waals surface area contributed by atoms with Gasteiger partial charge in [0.05, 0.1) is 77.5 Å². The van der Waals surface area contributed by atoms with Crippen molar-refractivity contribution in [2.75, 3.05) is 73.9 Å². The molecule has 2 aromatic carbocycles. The lowest BCUT2D eigenvalue weighted by molar-refractivity contribution is -0.916. The zero-order valence-corrected chi connectivity index (χ0v) is 24.8. The molecule has 0 radical (unpaired) electrons. The Labute approximate surface area is 228 Å². The van der Waals surface area contributed by atoms with Crippen LogP contribution in [0.1, 0.15) is 18.4 Å². The zero-order valence-electron chi connectivity index (χ0n) is 24.0. The van der Waals surface area contributed by atoms with E-state index in [1.54, 1.807) is 0 Å². The first-order chi connectivity index (χ1) is 17.4. The van der Waals surface area contributed by atoms with Crippen molar-refractivity contribution in [2.24, 2.45) is 7.05 Å². The summed E-state index contributed by atoms with van der Waals surface area (Å²) in [5, 5.41) is 2.60. The van der Waals surface area contributed by atoms with Crippen molar-refractivity contribution in [3.05, 3.63) is 65.2 Å².